The zero-order valence-corrected chi connectivity index (χ0v) is 11.2. The molecule has 1 fully saturated rings. The first-order valence-electron chi connectivity index (χ1n) is 6.64. The molecule has 0 unspecified atom stereocenters. The zero-order chi connectivity index (χ0) is 14.8. The van der Waals surface area contributed by atoms with Crippen molar-refractivity contribution in [3.63, 3.8) is 0 Å². The van der Waals surface area contributed by atoms with Crippen molar-refractivity contribution in [3.05, 3.63) is 35.4 Å². The molecule has 3 nitrogen and oxygen atoms in total. The van der Waals surface area contributed by atoms with Crippen molar-refractivity contribution < 1.29 is 13.6 Å². The van der Waals surface area contributed by atoms with Crippen LogP contribution in [0.25, 0.3) is 0 Å². The van der Waals surface area contributed by atoms with Crippen LogP contribution in [0.4, 0.5) is 8.78 Å². The summed E-state index contributed by atoms with van der Waals surface area (Å²) >= 11 is 0. The summed E-state index contributed by atoms with van der Waals surface area (Å²) in [6.45, 7) is 2.10. The van der Waals surface area contributed by atoms with Gasteiger partial charge in [0.2, 0.25) is 0 Å². The summed E-state index contributed by atoms with van der Waals surface area (Å²) in [5, 5.41) is 12.0. The van der Waals surface area contributed by atoms with Crippen LogP contribution in [0.5, 0.6) is 0 Å². The molecule has 1 saturated carbocycles. The van der Waals surface area contributed by atoms with E-state index in [1.807, 2.05) is 0 Å². The van der Waals surface area contributed by atoms with Gasteiger partial charge in [-0.1, -0.05) is 6.92 Å². The molecule has 1 aliphatic carbocycles. The van der Waals surface area contributed by atoms with Crippen molar-refractivity contribution >= 4 is 5.91 Å². The SMILES string of the molecule is CC1CCC(C#N)(NC(=O)c2cc(F)cc(F)c2)CC1. The van der Waals surface area contributed by atoms with Crippen molar-refractivity contribution in [2.75, 3.05) is 0 Å². The second kappa shape index (κ2) is 5.58. The van der Waals surface area contributed by atoms with E-state index in [2.05, 4.69) is 18.3 Å². The van der Waals surface area contributed by atoms with E-state index in [0.29, 0.717) is 24.8 Å². The number of rotatable bonds is 2. The molecule has 1 amide bonds. The summed E-state index contributed by atoms with van der Waals surface area (Å²) in [6, 6.07) is 4.79. The highest BCUT2D eigenvalue weighted by Crippen LogP contribution is 2.31. The maximum Gasteiger partial charge on any atom is 0.252 e. The van der Waals surface area contributed by atoms with Crippen LogP contribution in [0.3, 0.4) is 0 Å². The lowest BCUT2D eigenvalue weighted by molar-refractivity contribution is 0.0893. The minimum Gasteiger partial charge on any atom is -0.334 e. The normalized spacial score (nSPS) is 25.8. The molecule has 0 radical (unpaired) electrons. The number of nitriles is 1. The van der Waals surface area contributed by atoms with Gasteiger partial charge in [0.1, 0.15) is 17.2 Å². The lowest BCUT2D eigenvalue weighted by Gasteiger charge is -2.34. The van der Waals surface area contributed by atoms with Crippen LogP contribution in [0.15, 0.2) is 18.2 Å². The highest BCUT2D eigenvalue weighted by Gasteiger charge is 2.36. The number of amides is 1. The Balaban J connectivity index is 2.16. The summed E-state index contributed by atoms with van der Waals surface area (Å²) in [5.74, 6) is -1.70. The molecule has 0 saturated heterocycles. The molecule has 0 atom stereocenters. The maximum absolute atomic E-state index is 13.1. The van der Waals surface area contributed by atoms with Crippen molar-refractivity contribution in [1.29, 1.82) is 5.26 Å². The van der Waals surface area contributed by atoms with E-state index < -0.39 is 23.1 Å². The second-order valence-electron chi connectivity index (χ2n) is 5.49. The highest BCUT2D eigenvalue weighted by molar-refractivity contribution is 5.95. The van der Waals surface area contributed by atoms with Crippen LogP contribution >= 0.6 is 0 Å². The highest BCUT2D eigenvalue weighted by atomic mass is 19.1. The molecule has 2 rings (SSSR count). The number of hydrogen-bond donors (Lipinski definition) is 1. The molecular formula is C15H16F2N2O. The molecule has 5 heteroatoms. The molecule has 1 N–H and O–H groups in total. The number of hydrogen-bond acceptors (Lipinski definition) is 2. The third kappa shape index (κ3) is 3.13. The first-order valence-corrected chi connectivity index (χ1v) is 6.64. The molecule has 0 bridgehead atoms. The molecule has 1 aromatic rings. The average Bonchev–Trinajstić information content (AvgIpc) is 2.40. The molecule has 1 aromatic carbocycles. The first kappa shape index (κ1) is 14.4. The van der Waals surface area contributed by atoms with Gasteiger partial charge in [0.05, 0.1) is 6.07 Å². The predicted octanol–water partition coefficient (Wildman–Crippen LogP) is 3.17. The van der Waals surface area contributed by atoms with Gasteiger partial charge in [-0.05, 0) is 43.7 Å². The number of nitrogens with one attached hydrogen (secondary N) is 1. The van der Waals surface area contributed by atoms with Gasteiger partial charge in [0, 0.05) is 11.6 Å². The average molecular weight is 278 g/mol. The Hall–Kier alpha value is -1.96. The van der Waals surface area contributed by atoms with E-state index in [1.54, 1.807) is 0 Å². The van der Waals surface area contributed by atoms with Gasteiger partial charge in [0.15, 0.2) is 0 Å². The predicted molar refractivity (Wildman–Crippen MR) is 69.8 cm³/mol. The van der Waals surface area contributed by atoms with Crippen molar-refractivity contribution in [3.8, 4) is 6.07 Å². The number of carbonyl (C=O) groups excluding carboxylic acids is 1. The Morgan fingerprint density at radius 1 is 1.30 bits per heavy atom. The Morgan fingerprint density at radius 2 is 1.85 bits per heavy atom. The van der Waals surface area contributed by atoms with E-state index in [1.165, 1.54) is 0 Å². The zero-order valence-electron chi connectivity index (χ0n) is 11.2. The van der Waals surface area contributed by atoms with E-state index >= 15 is 0 Å². The number of halogens is 2. The third-order valence-corrected chi connectivity index (χ3v) is 3.82. The van der Waals surface area contributed by atoms with Gasteiger partial charge in [-0.3, -0.25) is 4.79 Å². The minimum atomic E-state index is -0.924. The summed E-state index contributed by atoms with van der Waals surface area (Å²) in [6.07, 6.45) is 2.83. The van der Waals surface area contributed by atoms with E-state index in [4.69, 9.17) is 0 Å². The molecule has 0 spiro atoms. The van der Waals surface area contributed by atoms with Crippen LogP contribution in [0, 0.1) is 28.9 Å². The lowest BCUT2D eigenvalue weighted by atomic mass is 9.78. The topological polar surface area (TPSA) is 52.9 Å². The van der Waals surface area contributed by atoms with Gasteiger partial charge in [0.25, 0.3) is 5.91 Å². The van der Waals surface area contributed by atoms with Crippen molar-refractivity contribution in [2.24, 2.45) is 5.92 Å². The summed E-state index contributed by atoms with van der Waals surface area (Å²) < 4.78 is 26.2. The van der Waals surface area contributed by atoms with Gasteiger partial charge >= 0.3 is 0 Å². The molecule has 106 valence electrons. The quantitative estimate of drug-likeness (QED) is 0.903. The Labute approximate surface area is 116 Å². The van der Waals surface area contributed by atoms with Gasteiger partial charge in [-0.15, -0.1) is 0 Å². The van der Waals surface area contributed by atoms with E-state index in [9.17, 15) is 18.8 Å². The summed E-state index contributed by atoms with van der Waals surface area (Å²) in [4.78, 5) is 12.1. The largest absolute Gasteiger partial charge is 0.334 e. The molecule has 1 aliphatic rings. The molecule has 20 heavy (non-hydrogen) atoms. The fourth-order valence-electron chi connectivity index (χ4n) is 2.49. The van der Waals surface area contributed by atoms with Crippen molar-refractivity contribution in [2.45, 2.75) is 38.1 Å². The third-order valence-electron chi connectivity index (χ3n) is 3.82. The smallest absolute Gasteiger partial charge is 0.252 e. The van der Waals surface area contributed by atoms with Crippen LogP contribution < -0.4 is 5.32 Å². The Kier molecular flexibility index (Phi) is 4.03. The number of benzene rings is 1. The van der Waals surface area contributed by atoms with Crippen LogP contribution in [0.2, 0.25) is 0 Å². The summed E-state index contributed by atoms with van der Waals surface area (Å²) in [7, 11) is 0. The standard InChI is InChI=1S/C15H16F2N2O/c1-10-2-4-15(9-18,5-3-10)19-14(20)11-6-12(16)8-13(17)7-11/h6-8,10H,2-5H2,1H3,(H,19,20). The maximum atomic E-state index is 13.1. The molecule has 0 aromatic heterocycles. The van der Waals surface area contributed by atoms with Gasteiger partial charge in [-0.25, -0.2) is 8.78 Å². The fourth-order valence-corrected chi connectivity index (χ4v) is 2.49. The number of nitrogens with zero attached hydrogens (tertiary/aromatic N) is 1. The Morgan fingerprint density at radius 3 is 2.35 bits per heavy atom. The van der Waals surface area contributed by atoms with Crippen LogP contribution in [-0.2, 0) is 0 Å². The van der Waals surface area contributed by atoms with Crippen LogP contribution in [0.1, 0.15) is 43.0 Å². The summed E-state index contributed by atoms with van der Waals surface area (Å²) in [5.41, 5.74) is -1.03. The fraction of sp³-hybridized carbons (Fsp3) is 0.467. The van der Waals surface area contributed by atoms with E-state index in [0.717, 1.165) is 25.0 Å². The van der Waals surface area contributed by atoms with Gasteiger partial charge < -0.3 is 5.32 Å². The molecule has 0 aliphatic heterocycles. The molecule has 0 heterocycles. The van der Waals surface area contributed by atoms with E-state index in [-0.39, 0.29) is 5.56 Å². The number of carbonyl (C=O) groups is 1. The molecular weight excluding hydrogens is 262 g/mol. The minimum absolute atomic E-state index is 0.101. The second-order valence-corrected chi connectivity index (χ2v) is 5.49. The van der Waals surface area contributed by atoms with Crippen molar-refractivity contribution in [1.82, 2.24) is 5.32 Å². The first-order chi connectivity index (χ1) is 9.44. The Bertz CT molecular complexity index is 537. The monoisotopic (exact) mass is 278 g/mol. The lowest BCUT2D eigenvalue weighted by Crippen LogP contribution is -2.49. The van der Waals surface area contributed by atoms with Gasteiger partial charge in [-0.2, -0.15) is 5.26 Å². The van der Waals surface area contributed by atoms with Crippen LogP contribution in [-0.4, -0.2) is 11.4 Å².